The summed E-state index contributed by atoms with van der Waals surface area (Å²) in [6.07, 6.45) is 3.38. The van der Waals surface area contributed by atoms with Gasteiger partial charge in [-0.15, -0.1) is 0 Å². The molecule has 0 aromatic rings. The number of nitrogens with zero attached hydrogens (tertiary/aromatic N) is 1. The van der Waals surface area contributed by atoms with Crippen LogP contribution in [0.4, 0.5) is 0 Å². The zero-order chi connectivity index (χ0) is 10.4. The third kappa shape index (κ3) is 3.56. The van der Waals surface area contributed by atoms with Crippen molar-refractivity contribution < 1.29 is 5.11 Å². The second-order valence-electron chi connectivity index (χ2n) is 4.23. The summed E-state index contributed by atoms with van der Waals surface area (Å²) in [5.41, 5.74) is 0. The van der Waals surface area contributed by atoms with Gasteiger partial charge in [0.1, 0.15) is 0 Å². The number of hydrogen-bond acceptors (Lipinski definition) is 3. The summed E-state index contributed by atoms with van der Waals surface area (Å²) < 4.78 is 0. The zero-order valence-corrected chi connectivity index (χ0v) is 9.50. The third-order valence-electron chi connectivity index (χ3n) is 3.19. The van der Waals surface area contributed by atoms with Gasteiger partial charge in [0.2, 0.25) is 0 Å². The van der Waals surface area contributed by atoms with Crippen LogP contribution in [0.15, 0.2) is 0 Å². The van der Waals surface area contributed by atoms with Crippen molar-refractivity contribution in [3.63, 3.8) is 0 Å². The topological polar surface area (TPSA) is 35.5 Å². The van der Waals surface area contributed by atoms with Crippen LogP contribution in [-0.2, 0) is 0 Å². The highest BCUT2D eigenvalue weighted by molar-refractivity contribution is 4.82. The predicted molar refractivity (Wildman–Crippen MR) is 59.4 cm³/mol. The molecule has 1 fully saturated rings. The molecule has 3 nitrogen and oxygen atoms in total. The van der Waals surface area contributed by atoms with Gasteiger partial charge >= 0.3 is 0 Å². The molecule has 0 saturated carbocycles. The van der Waals surface area contributed by atoms with Crippen LogP contribution in [0.5, 0.6) is 0 Å². The first-order valence-corrected chi connectivity index (χ1v) is 5.86. The van der Waals surface area contributed by atoms with Gasteiger partial charge < -0.3 is 15.3 Å². The highest BCUT2D eigenvalue weighted by Crippen LogP contribution is 2.16. The lowest BCUT2D eigenvalue weighted by atomic mass is 9.98. The molecule has 0 bridgehead atoms. The molecule has 84 valence electrons. The molecule has 3 heteroatoms. The molecular weight excluding hydrogens is 176 g/mol. The van der Waals surface area contributed by atoms with Gasteiger partial charge in [-0.3, -0.25) is 0 Å². The molecule has 0 radical (unpaired) electrons. The van der Waals surface area contributed by atoms with Gasteiger partial charge in [-0.1, -0.05) is 6.92 Å². The summed E-state index contributed by atoms with van der Waals surface area (Å²) in [5, 5.41) is 12.2. The van der Waals surface area contributed by atoms with Gasteiger partial charge in [0.25, 0.3) is 0 Å². The van der Waals surface area contributed by atoms with Gasteiger partial charge in [-0.25, -0.2) is 0 Å². The second kappa shape index (κ2) is 6.38. The van der Waals surface area contributed by atoms with E-state index in [0.29, 0.717) is 18.7 Å². The summed E-state index contributed by atoms with van der Waals surface area (Å²) in [6.45, 7) is 8.19. The predicted octanol–water partition coefficient (Wildman–Crippen LogP) is 0.831. The average molecular weight is 200 g/mol. The van der Waals surface area contributed by atoms with Crippen molar-refractivity contribution in [3.8, 4) is 0 Å². The minimum absolute atomic E-state index is 0.302. The molecule has 1 aliphatic rings. The Hall–Kier alpha value is -0.120. The van der Waals surface area contributed by atoms with E-state index in [9.17, 15) is 0 Å². The number of nitrogens with one attached hydrogen (secondary N) is 1. The Morgan fingerprint density at radius 2 is 2.29 bits per heavy atom. The van der Waals surface area contributed by atoms with E-state index in [1.165, 1.54) is 25.9 Å². The normalized spacial score (nSPS) is 29.4. The molecule has 1 saturated heterocycles. The Balaban J connectivity index is 2.18. The van der Waals surface area contributed by atoms with Gasteiger partial charge in [-0.05, 0) is 45.8 Å². The van der Waals surface area contributed by atoms with Gasteiger partial charge in [-0.2, -0.15) is 0 Å². The average Bonchev–Trinajstić information content (AvgIpc) is 2.18. The minimum Gasteiger partial charge on any atom is -0.396 e. The number of rotatable bonds is 5. The van der Waals surface area contributed by atoms with Crippen LogP contribution >= 0.6 is 0 Å². The van der Waals surface area contributed by atoms with Crippen molar-refractivity contribution >= 4 is 0 Å². The third-order valence-corrected chi connectivity index (χ3v) is 3.19. The van der Waals surface area contributed by atoms with Crippen molar-refractivity contribution in [3.05, 3.63) is 0 Å². The van der Waals surface area contributed by atoms with Crippen molar-refractivity contribution in [1.29, 1.82) is 0 Å². The Kier molecular flexibility index (Phi) is 5.45. The fourth-order valence-corrected chi connectivity index (χ4v) is 2.26. The highest BCUT2D eigenvalue weighted by Gasteiger charge is 2.23. The number of aliphatic hydroxyl groups is 1. The van der Waals surface area contributed by atoms with Crippen LogP contribution in [0.1, 0.15) is 33.1 Å². The van der Waals surface area contributed by atoms with Crippen molar-refractivity contribution in [2.75, 3.05) is 26.2 Å². The largest absolute Gasteiger partial charge is 0.396 e. The van der Waals surface area contributed by atoms with Gasteiger partial charge in [0.15, 0.2) is 0 Å². The molecule has 0 aromatic carbocycles. The summed E-state index contributed by atoms with van der Waals surface area (Å²) in [4.78, 5) is 2.53. The minimum atomic E-state index is 0.302. The SMILES string of the molecule is CCN1CCC(NCCCO)CC1C. The Morgan fingerprint density at radius 3 is 2.86 bits per heavy atom. The molecule has 0 aromatic heterocycles. The molecule has 14 heavy (non-hydrogen) atoms. The van der Waals surface area contributed by atoms with Crippen molar-refractivity contribution in [2.24, 2.45) is 0 Å². The molecule has 1 rings (SSSR count). The van der Waals surface area contributed by atoms with E-state index in [2.05, 4.69) is 24.1 Å². The van der Waals surface area contributed by atoms with Crippen LogP contribution < -0.4 is 5.32 Å². The fraction of sp³-hybridized carbons (Fsp3) is 1.00. The molecule has 1 heterocycles. The van der Waals surface area contributed by atoms with Crippen LogP contribution in [0, 0.1) is 0 Å². The maximum atomic E-state index is 8.68. The number of piperidine rings is 1. The Morgan fingerprint density at radius 1 is 1.50 bits per heavy atom. The Labute approximate surface area is 87.5 Å². The molecular formula is C11H24N2O. The molecule has 1 aliphatic heterocycles. The standard InChI is InChI=1S/C11H24N2O/c1-3-13-7-5-11(9-10(13)2)12-6-4-8-14/h10-12,14H,3-9H2,1-2H3. The van der Waals surface area contributed by atoms with E-state index >= 15 is 0 Å². The lowest BCUT2D eigenvalue weighted by Gasteiger charge is -2.37. The first-order valence-electron chi connectivity index (χ1n) is 5.86. The van der Waals surface area contributed by atoms with E-state index in [-0.39, 0.29) is 0 Å². The number of aliphatic hydroxyl groups excluding tert-OH is 1. The van der Waals surface area contributed by atoms with Gasteiger partial charge in [0, 0.05) is 18.7 Å². The van der Waals surface area contributed by atoms with E-state index in [1.54, 1.807) is 0 Å². The summed E-state index contributed by atoms with van der Waals surface area (Å²) in [5.74, 6) is 0. The van der Waals surface area contributed by atoms with E-state index in [4.69, 9.17) is 5.11 Å². The Bertz CT molecular complexity index is 150. The summed E-state index contributed by atoms with van der Waals surface area (Å²) in [6, 6.07) is 1.37. The smallest absolute Gasteiger partial charge is 0.0443 e. The van der Waals surface area contributed by atoms with Crippen molar-refractivity contribution in [1.82, 2.24) is 10.2 Å². The van der Waals surface area contributed by atoms with Crippen LogP contribution in [0.3, 0.4) is 0 Å². The lowest BCUT2D eigenvalue weighted by Crippen LogP contribution is -2.47. The van der Waals surface area contributed by atoms with Crippen LogP contribution in [0.2, 0.25) is 0 Å². The number of likely N-dealkylation sites (tertiary alicyclic amines) is 1. The maximum Gasteiger partial charge on any atom is 0.0443 e. The monoisotopic (exact) mass is 200 g/mol. The fourth-order valence-electron chi connectivity index (χ4n) is 2.26. The zero-order valence-electron chi connectivity index (χ0n) is 9.50. The van der Waals surface area contributed by atoms with Crippen LogP contribution in [0.25, 0.3) is 0 Å². The first kappa shape index (κ1) is 12.0. The molecule has 0 aliphatic carbocycles. The quantitative estimate of drug-likeness (QED) is 0.645. The summed E-state index contributed by atoms with van der Waals surface area (Å²) in [7, 11) is 0. The molecule has 2 atom stereocenters. The number of hydrogen-bond donors (Lipinski definition) is 2. The molecule has 2 N–H and O–H groups in total. The molecule has 2 unspecified atom stereocenters. The molecule has 0 spiro atoms. The summed E-state index contributed by atoms with van der Waals surface area (Å²) >= 11 is 0. The highest BCUT2D eigenvalue weighted by atomic mass is 16.3. The van der Waals surface area contributed by atoms with Crippen LogP contribution in [-0.4, -0.2) is 48.3 Å². The van der Waals surface area contributed by atoms with Crippen molar-refractivity contribution in [2.45, 2.75) is 45.2 Å². The second-order valence-corrected chi connectivity index (χ2v) is 4.23. The van der Waals surface area contributed by atoms with E-state index in [0.717, 1.165) is 13.0 Å². The van der Waals surface area contributed by atoms with Gasteiger partial charge in [0.05, 0.1) is 0 Å². The van der Waals surface area contributed by atoms with E-state index < -0.39 is 0 Å². The lowest BCUT2D eigenvalue weighted by molar-refractivity contribution is 0.142. The molecule has 0 amide bonds. The first-order chi connectivity index (χ1) is 6.77. The maximum absolute atomic E-state index is 8.68. The van der Waals surface area contributed by atoms with E-state index in [1.807, 2.05) is 0 Å².